The number of carbonyl (C=O) groups is 1. The van der Waals surface area contributed by atoms with Crippen molar-refractivity contribution in [3.8, 4) is 17.2 Å². The number of hydrogen-bond donors (Lipinski definition) is 0. The zero-order valence-corrected chi connectivity index (χ0v) is 17.2. The lowest BCUT2D eigenvalue weighted by Gasteiger charge is -2.12. The zero-order chi connectivity index (χ0) is 22.5. The summed E-state index contributed by atoms with van der Waals surface area (Å²) in [5.41, 5.74) is 0.576. The number of methoxy groups -OCH3 is 1. The van der Waals surface area contributed by atoms with E-state index in [0.717, 1.165) is 0 Å². The molecule has 0 aliphatic heterocycles. The number of alkyl halides is 2. The Bertz CT molecular complexity index is 1150. The topological polar surface area (TPSA) is 79.7 Å². The summed E-state index contributed by atoms with van der Waals surface area (Å²) in [7, 11) is 1.29. The highest BCUT2D eigenvalue weighted by Gasteiger charge is 2.18. The second kappa shape index (κ2) is 9.57. The molecular weight excluding hydrogens is 434 g/mol. The normalized spacial score (nSPS) is 10.8. The van der Waals surface area contributed by atoms with Crippen molar-refractivity contribution in [1.82, 2.24) is 9.78 Å². The van der Waals surface area contributed by atoms with Crippen LogP contribution in [-0.2, 0) is 11.3 Å². The fourth-order valence-electron chi connectivity index (χ4n) is 2.74. The van der Waals surface area contributed by atoms with Gasteiger partial charge in [0.05, 0.1) is 12.8 Å². The van der Waals surface area contributed by atoms with Crippen molar-refractivity contribution in [3.63, 3.8) is 0 Å². The molecule has 10 heteroatoms. The van der Waals surface area contributed by atoms with Crippen LogP contribution in [-0.4, -0.2) is 29.5 Å². The summed E-state index contributed by atoms with van der Waals surface area (Å²) in [6, 6.07) is 12.1. The molecule has 0 radical (unpaired) electrons. The summed E-state index contributed by atoms with van der Waals surface area (Å²) >= 11 is 5.89. The lowest BCUT2D eigenvalue weighted by Crippen LogP contribution is -2.24. The van der Waals surface area contributed by atoms with E-state index in [1.807, 2.05) is 0 Å². The third kappa shape index (κ3) is 5.37. The molecular formula is C21H17ClF2N2O5. The van der Waals surface area contributed by atoms with Crippen molar-refractivity contribution < 1.29 is 27.8 Å². The summed E-state index contributed by atoms with van der Waals surface area (Å²) in [6.45, 7) is -1.57. The third-order valence-electron chi connectivity index (χ3n) is 4.19. The lowest BCUT2D eigenvalue weighted by atomic mass is 10.2. The van der Waals surface area contributed by atoms with Gasteiger partial charge in [-0.25, -0.2) is 9.48 Å². The number of carbonyl (C=O) groups excluding carboxylic acids is 1. The number of ether oxygens (including phenoxy) is 3. The molecule has 0 unspecified atom stereocenters. The highest BCUT2D eigenvalue weighted by Crippen LogP contribution is 2.29. The number of aromatic nitrogens is 2. The van der Waals surface area contributed by atoms with Gasteiger partial charge in [0.25, 0.3) is 0 Å². The van der Waals surface area contributed by atoms with E-state index in [-0.39, 0.29) is 18.1 Å². The fraction of sp³-hybridized carbons (Fsp3) is 0.190. The van der Waals surface area contributed by atoms with Gasteiger partial charge in [0.2, 0.25) is 11.1 Å². The first-order valence-electron chi connectivity index (χ1n) is 8.94. The van der Waals surface area contributed by atoms with Crippen LogP contribution in [0.2, 0.25) is 5.02 Å². The molecule has 3 rings (SSSR count). The summed E-state index contributed by atoms with van der Waals surface area (Å²) in [5.74, 6) is -1.04. The predicted octanol–water partition coefficient (Wildman–Crippen LogP) is 4.16. The van der Waals surface area contributed by atoms with Gasteiger partial charge in [-0.3, -0.25) is 4.79 Å². The Labute approximate surface area is 180 Å². The summed E-state index contributed by atoms with van der Waals surface area (Å²) in [5, 5.41) is 4.65. The summed E-state index contributed by atoms with van der Waals surface area (Å²) in [6.07, 6.45) is 0. The number of hydrogen-bond acceptors (Lipinski definition) is 6. The largest absolute Gasteiger partial charge is 0.493 e. The standard InChI is InChI=1S/C21H17ClF2N2O5/c1-12-9-16(27)19(25-26(12)15-6-4-14(22)5-7-15)20(28)30-11-13-3-8-17(31-21(23)24)18(10-13)29-2/h3-10,21H,11H2,1-2H3. The van der Waals surface area contributed by atoms with Gasteiger partial charge in [-0.05, 0) is 48.9 Å². The van der Waals surface area contributed by atoms with Crippen LogP contribution >= 0.6 is 11.6 Å². The maximum Gasteiger partial charge on any atom is 0.387 e. The van der Waals surface area contributed by atoms with Crippen LogP contribution < -0.4 is 14.9 Å². The van der Waals surface area contributed by atoms with E-state index in [1.165, 1.54) is 36.1 Å². The smallest absolute Gasteiger partial charge is 0.387 e. The van der Waals surface area contributed by atoms with E-state index >= 15 is 0 Å². The van der Waals surface area contributed by atoms with Crippen LogP contribution in [0.1, 0.15) is 21.7 Å². The minimum absolute atomic E-state index is 0.0485. The van der Waals surface area contributed by atoms with Crippen LogP contribution in [0.15, 0.2) is 53.3 Å². The molecule has 0 amide bonds. The molecule has 3 aromatic rings. The molecule has 1 aromatic heterocycles. The second-order valence-corrected chi connectivity index (χ2v) is 6.76. The van der Waals surface area contributed by atoms with Crippen LogP contribution in [0, 0.1) is 6.92 Å². The number of rotatable bonds is 7. The minimum Gasteiger partial charge on any atom is -0.493 e. The first kappa shape index (κ1) is 22.2. The number of benzene rings is 2. The molecule has 162 valence electrons. The number of esters is 1. The second-order valence-electron chi connectivity index (χ2n) is 6.33. The molecule has 0 bridgehead atoms. The molecule has 0 atom stereocenters. The maximum atomic E-state index is 12.5. The van der Waals surface area contributed by atoms with Gasteiger partial charge >= 0.3 is 12.6 Å². The highest BCUT2D eigenvalue weighted by atomic mass is 35.5. The molecule has 7 nitrogen and oxygen atoms in total. The van der Waals surface area contributed by atoms with Crippen molar-refractivity contribution >= 4 is 17.6 Å². The Kier molecular flexibility index (Phi) is 6.86. The molecule has 31 heavy (non-hydrogen) atoms. The molecule has 2 aromatic carbocycles. The van der Waals surface area contributed by atoms with Crippen LogP contribution in [0.25, 0.3) is 5.69 Å². The molecule has 0 aliphatic carbocycles. The first-order valence-corrected chi connectivity index (χ1v) is 9.32. The van der Waals surface area contributed by atoms with Crippen LogP contribution in [0.4, 0.5) is 8.78 Å². The van der Waals surface area contributed by atoms with Gasteiger partial charge in [0.1, 0.15) is 6.61 Å². The molecule has 1 heterocycles. The molecule has 0 fully saturated rings. The molecule has 0 N–H and O–H groups in total. The van der Waals surface area contributed by atoms with Gasteiger partial charge in [0.15, 0.2) is 11.5 Å². The van der Waals surface area contributed by atoms with Crippen LogP contribution in [0.5, 0.6) is 11.5 Å². The van der Waals surface area contributed by atoms with Gasteiger partial charge in [-0.15, -0.1) is 0 Å². The molecule has 0 saturated carbocycles. The van der Waals surface area contributed by atoms with Crippen LogP contribution in [0.3, 0.4) is 0 Å². The fourth-order valence-corrected chi connectivity index (χ4v) is 2.87. The minimum atomic E-state index is -3.01. The van der Waals surface area contributed by atoms with Gasteiger partial charge in [-0.1, -0.05) is 17.7 Å². The summed E-state index contributed by atoms with van der Waals surface area (Å²) in [4.78, 5) is 24.8. The Morgan fingerprint density at radius 3 is 2.48 bits per heavy atom. The van der Waals surface area contributed by atoms with Gasteiger partial charge in [-0.2, -0.15) is 13.9 Å². The SMILES string of the molecule is COc1cc(COC(=O)c2nn(-c3ccc(Cl)cc3)c(C)cc2=O)ccc1OC(F)F. The Morgan fingerprint density at radius 1 is 1.13 bits per heavy atom. The lowest BCUT2D eigenvalue weighted by molar-refractivity contribution is -0.0512. The van der Waals surface area contributed by atoms with Crippen molar-refractivity contribution in [2.75, 3.05) is 7.11 Å². The Hall–Kier alpha value is -3.46. The van der Waals surface area contributed by atoms with E-state index in [1.54, 1.807) is 31.2 Å². The molecule has 0 spiro atoms. The van der Waals surface area contributed by atoms with Gasteiger partial charge in [0, 0.05) is 16.8 Å². The number of nitrogens with zero attached hydrogens (tertiary/aromatic N) is 2. The van der Waals surface area contributed by atoms with Crippen molar-refractivity contribution in [1.29, 1.82) is 0 Å². The van der Waals surface area contributed by atoms with E-state index < -0.39 is 23.7 Å². The predicted molar refractivity (Wildman–Crippen MR) is 108 cm³/mol. The Morgan fingerprint density at radius 2 is 1.84 bits per heavy atom. The van der Waals surface area contributed by atoms with E-state index in [4.69, 9.17) is 21.1 Å². The quantitative estimate of drug-likeness (QED) is 0.503. The van der Waals surface area contributed by atoms with Crippen molar-refractivity contribution in [2.24, 2.45) is 0 Å². The Balaban J connectivity index is 1.80. The van der Waals surface area contributed by atoms with Crippen molar-refractivity contribution in [3.05, 3.63) is 80.7 Å². The van der Waals surface area contributed by atoms with E-state index in [9.17, 15) is 18.4 Å². The summed E-state index contributed by atoms with van der Waals surface area (Å²) < 4.78 is 40.8. The molecule has 0 saturated heterocycles. The number of aryl methyl sites for hydroxylation is 1. The van der Waals surface area contributed by atoms with Crippen molar-refractivity contribution in [2.45, 2.75) is 20.1 Å². The van der Waals surface area contributed by atoms with Gasteiger partial charge < -0.3 is 14.2 Å². The van der Waals surface area contributed by atoms with E-state index in [2.05, 4.69) is 9.84 Å². The molecule has 0 aliphatic rings. The first-order chi connectivity index (χ1) is 14.8. The number of halogens is 3. The maximum absolute atomic E-state index is 12.5. The third-order valence-corrected chi connectivity index (χ3v) is 4.44. The monoisotopic (exact) mass is 450 g/mol. The average Bonchev–Trinajstić information content (AvgIpc) is 2.73. The average molecular weight is 451 g/mol. The van der Waals surface area contributed by atoms with E-state index in [0.29, 0.717) is 22.0 Å². The highest BCUT2D eigenvalue weighted by molar-refractivity contribution is 6.30. The zero-order valence-electron chi connectivity index (χ0n) is 16.5.